The Hall–Kier alpha value is -3.19. The van der Waals surface area contributed by atoms with Crippen LogP contribution in [0.25, 0.3) is 17.0 Å². The Morgan fingerprint density at radius 3 is 2.75 bits per heavy atom. The van der Waals surface area contributed by atoms with Crippen LogP contribution in [0.4, 0.5) is 9.18 Å². The van der Waals surface area contributed by atoms with E-state index in [4.69, 9.17) is 16.1 Å². The summed E-state index contributed by atoms with van der Waals surface area (Å²) in [5, 5.41) is 7.67. The maximum absolute atomic E-state index is 14.0. The van der Waals surface area contributed by atoms with E-state index in [-0.39, 0.29) is 17.7 Å². The van der Waals surface area contributed by atoms with E-state index in [1.807, 2.05) is 19.1 Å². The Kier molecular flexibility index (Phi) is 6.55. The first-order chi connectivity index (χ1) is 15.5. The third-order valence-electron chi connectivity index (χ3n) is 5.50. The number of carbonyl (C=O) groups is 1. The van der Waals surface area contributed by atoms with Gasteiger partial charge in [0, 0.05) is 22.8 Å². The Bertz CT molecular complexity index is 1160. The lowest BCUT2D eigenvalue weighted by molar-refractivity contribution is 0.204. The van der Waals surface area contributed by atoms with Crippen molar-refractivity contribution in [2.24, 2.45) is 0 Å². The van der Waals surface area contributed by atoms with Gasteiger partial charge in [0.2, 0.25) is 5.82 Å². The Balaban J connectivity index is 1.78. The smallest absolute Gasteiger partial charge is 0.322 e. The number of unbranched alkanes of at least 4 members (excludes halogenated alkanes) is 2. The number of carbonyl (C=O) groups excluding carboxylic acids is 1. The van der Waals surface area contributed by atoms with Gasteiger partial charge >= 0.3 is 6.03 Å². The van der Waals surface area contributed by atoms with Crippen molar-refractivity contribution in [2.75, 3.05) is 6.54 Å². The van der Waals surface area contributed by atoms with Crippen molar-refractivity contribution in [3.63, 3.8) is 0 Å². The number of aromatic nitrogens is 2. The highest BCUT2D eigenvalue weighted by Gasteiger charge is 2.35. The van der Waals surface area contributed by atoms with Crippen molar-refractivity contribution < 1.29 is 13.7 Å². The molecule has 1 aliphatic heterocycles. The molecule has 166 valence electrons. The lowest BCUT2D eigenvalue weighted by Gasteiger charge is -2.35. The second-order valence-corrected chi connectivity index (χ2v) is 8.17. The molecule has 0 aliphatic carbocycles. The molecular formula is C24H24ClFN4O2. The number of allylic oxidation sites excluding steroid dienone is 1. The number of nitrogens with one attached hydrogen (secondary N) is 1. The molecule has 0 saturated carbocycles. The fraction of sp³-hybridized carbons (Fsp3) is 0.292. The highest BCUT2D eigenvalue weighted by Crippen LogP contribution is 2.37. The number of hydrogen-bond acceptors (Lipinski definition) is 4. The minimum atomic E-state index is -0.617. The summed E-state index contributed by atoms with van der Waals surface area (Å²) in [5.41, 5.74) is 2.67. The number of hydrogen-bond donors (Lipinski definition) is 1. The van der Waals surface area contributed by atoms with Crippen molar-refractivity contribution in [2.45, 2.75) is 39.2 Å². The normalized spacial score (nSPS) is 16.4. The third kappa shape index (κ3) is 4.53. The predicted molar refractivity (Wildman–Crippen MR) is 121 cm³/mol. The van der Waals surface area contributed by atoms with Crippen LogP contribution in [0.5, 0.6) is 0 Å². The Labute approximate surface area is 191 Å². The second-order valence-electron chi connectivity index (χ2n) is 7.73. The molecule has 1 atom stereocenters. The zero-order valence-corrected chi connectivity index (χ0v) is 18.7. The highest BCUT2D eigenvalue weighted by atomic mass is 35.5. The van der Waals surface area contributed by atoms with Crippen LogP contribution in [0.1, 0.15) is 50.6 Å². The van der Waals surface area contributed by atoms with Crippen molar-refractivity contribution in [3.05, 3.63) is 76.5 Å². The SMILES string of the molecule is CCCCCN1C(=O)NC(c2cccc(F)c2)C(c2nc(-c3cccc(Cl)c3)no2)=C1C. The summed E-state index contributed by atoms with van der Waals surface area (Å²) in [7, 11) is 0. The van der Waals surface area contributed by atoms with Crippen LogP contribution in [-0.2, 0) is 0 Å². The average Bonchev–Trinajstić information content (AvgIpc) is 3.25. The molecule has 6 nitrogen and oxygen atoms in total. The maximum atomic E-state index is 14.0. The van der Waals surface area contributed by atoms with Gasteiger partial charge in [-0.3, -0.25) is 4.90 Å². The van der Waals surface area contributed by atoms with Crippen LogP contribution in [0.3, 0.4) is 0 Å². The lowest BCUT2D eigenvalue weighted by Crippen LogP contribution is -2.46. The van der Waals surface area contributed by atoms with Crippen molar-refractivity contribution in [3.8, 4) is 11.4 Å². The van der Waals surface area contributed by atoms with Gasteiger partial charge in [-0.15, -0.1) is 0 Å². The van der Waals surface area contributed by atoms with E-state index in [0.717, 1.165) is 19.3 Å². The molecule has 0 fully saturated rings. The van der Waals surface area contributed by atoms with Gasteiger partial charge in [-0.05, 0) is 43.2 Å². The number of halogens is 2. The molecule has 1 aromatic heterocycles. The largest absolute Gasteiger partial charge is 0.334 e. The summed E-state index contributed by atoms with van der Waals surface area (Å²) in [6.07, 6.45) is 2.93. The molecule has 3 aromatic rings. The molecule has 32 heavy (non-hydrogen) atoms. The van der Waals surface area contributed by atoms with E-state index >= 15 is 0 Å². The molecule has 2 heterocycles. The Morgan fingerprint density at radius 2 is 2.00 bits per heavy atom. The average molecular weight is 455 g/mol. The molecule has 1 N–H and O–H groups in total. The summed E-state index contributed by atoms with van der Waals surface area (Å²) < 4.78 is 19.6. The molecular weight excluding hydrogens is 431 g/mol. The molecule has 0 radical (unpaired) electrons. The van der Waals surface area contributed by atoms with E-state index in [0.29, 0.717) is 39.8 Å². The van der Waals surface area contributed by atoms with E-state index in [1.54, 1.807) is 29.2 Å². The van der Waals surface area contributed by atoms with Crippen LogP contribution in [0.15, 0.2) is 58.8 Å². The molecule has 1 aliphatic rings. The van der Waals surface area contributed by atoms with E-state index in [1.165, 1.54) is 12.1 Å². The molecule has 1 unspecified atom stereocenters. The first kappa shape index (κ1) is 22.0. The molecule has 4 rings (SSSR count). The van der Waals surface area contributed by atoms with Gasteiger partial charge in [0.1, 0.15) is 5.82 Å². The number of rotatable bonds is 7. The summed E-state index contributed by atoms with van der Waals surface area (Å²) in [4.78, 5) is 19.2. The van der Waals surface area contributed by atoms with Crippen molar-refractivity contribution >= 4 is 23.2 Å². The van der Waals surface area contributed by atoms with E-state index in [9.17, 15) is 9.18 Å². The first-order valence-electron chi connectivity index (χ1n) is 10.6. The molecule has 2 amide bonds. The van der Waals surface area contributed by atoms with Crippen LogP contribution in [0.2, 0.25) is 5.02 Å². The summed E-state index contributed by atoms with van der Waals surface area (Å²) >= 11 is 6.10. The topological polar surface area (TPSA) is 71.3 Å². The number of nitrogens with zero attached hydrogens (tertiary/aromatic N) is 3. The zero-order valence-electron chi connectivity index (χ0n) is 17.9. The van der Waals surface area contributed by atoms with Gasteiger partial charge in [-0.25, -0.2) is 9.18 Å². The summed E-state index contributed by atoms with van der Waals surface area (Å²) in [6, 6.07) is 12.5. The van der Waals surface area contributed by atoms with Crippen LogP contribution in [-0.4, -0.2) is 27.6 Å². The van der Waals surface area contributed by atoms with Gasteiger partial charge in [0.05, 0.1) is 11.6 Å². The fourth-order valence-electron chi connectivity index (χ4n) is 3.86. The first-order valence-corrected chi connectivity index (χ1v) is 11.0. The van der Waals surface area contributed by atoms with Crippen LogP contribution < -0.4 is 5.32 Å². The van der Waals surface area contributed by atoms with Crippen LogP contribution in [0, 0.1) is 5.82 Å². The minimum Gasteiger partial charge on any atom is -0.334 e. The number of amides is 2. The zero-order chi connectivity index (χ0) is 22.7. The van der Waals surface area contributed by atoms with E-state index < -0.39 is 6.04 Å². The van der Waals surface area contributed by atoms with Crippen molar-refractivity contribution in [1.82, 2.24) is 20.4 Å². The van der Waals surface area contributed by atoms with Gasteiger partial charge in [0.15, 0.2) is 0 Å². The standard InChI is InChI=1S/C24H24ClFN4O2/c1-3-4-5-12-30-15(2)20(21(27-24(30)31)16-8-7-11-19(26)14-16)23-28-22(29-32-23)17-9-6-10-18(25)13-17/h6-11,13-14,21H,3-5,12H2,1-2H3,(H,27,31). The molecule has 2 aromatic carbocycles. The monoisotopic (exact) mass is 454 g/mol. The van der Waals surface area contributed by atoms with Crippen LogP contribution >= 0.6 is 11.6 Å². The predicted octanol–water partition coefficient (Wildman–Crippen LogP) is 6.22. The van der Waals surface area contributed by atoms with Crippen molar-refractivity contribution in [1.29, 1.82) is 0 Å². The van der Waals surface area contributed by atoms with Gasteiger partial charge < -0.3 is 9.84 Å². The highest BCUT2D eigenvalue weighted by molar-refractivity contribution is 6.30. The fourth-order valence-corrected chi connectivity index (χ4v) is 4.05. The molecule has 0 bridgehead atoms. The number of urea groups is 1. The minimum absolute atomic E-state index is 0.230. The van der Waals surface area contributed by atoms with E-state index in [2.05, 4.69) is 22.4 Å². The lowest BCUT2D eigenvalue weighted by atomic mass is 9.94. The quantitative estimate of drug-likeness (QED) is 0.430. The third-order valence-corrected chi connectivity index (χ3v) is 5.74. The van der Waals surface area contributed by atoms with Gasteiger partial charge in [-0.1, -0.05) is 60.8 Å². The molecule has 0 saturated heterocycles. The second kappa shape index (κ2) is 9.53. The Morgan fingerprint density at radius 1 is 1.19 bits per heavy atom. The number of benzene rings is 2. The maximum Gasteiger partial charge on any atom is 0.322 e. The summed E-state index contributed by atoms with van der Waals surface area (Å²) in [6.45, 7) is 4.54. The van der Waals surface area contributed by atoms with Gasteiger partial charge in [0.25, 0.3) is 5.89 Å². The summed E-state index contributed by atoms with van der Waals surface area (Å²) in [5.74, 6) is 0.270. The molecule has 0 spiro atoms. The van der Waals surface area contributed by atoms with Gasteiger partial charge in [-0.2, -0.15) is 4.98 Å². The molecule has 8 heteroatoms.